The lowest BCUT2D eigenvalue weighted by Gasteiger charge is -2.54. The minimum atomic E-state index is -4.51. The molecule has 2 saturated heterocycles. The molecule has 0 bridgehead atoms. The molecule has 0 unspecified atom stereocenters. The summed E-state index contributed by atoms with van der Waals surface area (Å²) in [5, 5.41) is 3.26. The first-order valence-corrected chi connectivity index (χ1v) is 9.51. The van der Waals surface area contributed by atoms with Gasteiger partial charge in [0.15, 0.2) is 5.69 Å². The van der Waals surface area contributed by atoms with E-state index in [1.54, 1.807) is 4.90 Å². The Hall–Kier alpha value is -2.10. The van der Waals surface area contributed by atoms with Gasteiger partial charge in [-0.3, -0.25) is 4.90 Å². The number of nitrogens with one attached hydrogen (secondary N) is 1. The molecule has 0 aromatic carbocycles. The Balaban J connectivity index is 1.35. The fourth-order valence-electron chi connectivity index (χ4n) is 4.46. The predicted molar refractivity (Wildman–Crippen MR) is 94.8 cm³/mol. The highest BCUT2D eigenvalue weighted by molar-refractivity contribution is 5.69. The van der Waals surface area contributed by atoms with E-state index in [0.717, 1.165) is 38.3 Å². The Bertz CT molecular complexity index is 718. The molecule has 3 aliphatic rings. The first kappa shape index (κ1) is 19.2. The maximum absolute atomic E-state index is 12.7. The summed E-state index contributed by atoms with van der Waals surface area (Å²) >= 11 is 0. The van der Waals surface area contributed by atoms with Crippen molar-refractivity contribution in [3.05, 3.63) is 18.1 Å². The maximum Gasteiger partial charge on any atom is 0.434 e. The third-order valence-corrected chi connectivity index (χ3v) is 5.97. The number of rotatable bonds is 2. The van der Waals surface area contributed by atoms with E-state index in [1.165, 1.54) is 0 Å². The van der Waals surface area contributed by atoms with Crippen LogP contribution in [0, 0.1) is 5.41 Å². The molecular formula is C18H24F3N5O2. The highest BCUT2D eigenvalue weighted by atomic mass is 19.4. The quantitative estimate of drug-likeness (QED) is 0.823. The van der Waals surface area contributed by atoms with Crippen LogP contribution < -0.4 is 10.2 Å². The first-order chi connectivity index (χ1) is 13.2. The minimum absolute atomic E-state index is 0.0205. The fraction of sp³-hybridized carbons (Fsp3) is 0.722. The van der Waals surface area contributed by atoms with Crippen molar-refractivity contribution < 1.29 is 22.7 Å². The smallest absolute Gasteiger partial charge is 0.434 e. The van der Waals surface area contributed by atoms with E-state index < -0.39 is 11.9 Å². The second-order valence-corrected chi connectivity index (χ2v) is 8.29. The van der Waals surface area contributed by atoms with E-state index >= 15 is 0 Å². The second kappa shape index (κ2) is 6.75. The molecule has 10 heteroatoms. The summed E-state index contributed by atoms with van der Waals surface area (Å²) in [7, 11) is 0. The van der Waals surface area contributed by atoms with Crippen LogP contribution >= 0.6 is 0 Å². The van der Waals surface area contributed by atoms with E-state index in [4.69, 9.17) is 4.74 Å². The van der Waals surface area contributed by atoms with Gasteiger partial charge in [0.2, 0.25) is 0 Å². The van der Waals surface area contributed by atoms with Crippen LogP contribution in [0.25, 0.3) is 0 Å². The SMILES string of the molecule is C[C@@H]1CN(c2cnc(C(F)(F)F)cn2)C[C@H](C)N1C(=O)OC1CC2(CNC2)C1. The van der Waals surface area contributed by atoms with E-state index in [2.05, 4.69) is 15.3 Å². The molecule has 28 heavy (non-hydrogen) atoms. The summed E-state index contributed by atoms with van der Waals surface area (Å²) in [5.74, 6) is 0.373. The molecule has 1 spiro atoms. The van der Waals surface area contributed by atoms with Crippen LogP contribution in [0.3, 0.4) is 0 Å². The Morgan fingerprint density at radius 3 is 2.29 bits per heavy atom. The number of nitrogens with zero attached hydrogens (tertiary/aromatic N) is 4. The number of amides is 1. The highest BCUT2D eigenvalue weighted by Crippen LogP contribution is 2.46. The van der Waals surface area contributed by atoms with Crippen LogP contribution in [0.1, 0.15) is 32.4 Å². The number of ether oxygens (including phenoxy) is 1. The topological polar surface area (TPSA) is 70.6 Å². The van der Waals surface area contributed by atoms with Crippen molar-refractivity contribution in [1.82, 2.24) is 20.2 Å². The number of carbonyl (C=O) groups is 1. The molecule has 4 rings (SSSR count). The fourth-order valence-corrected chi connectivity index (χ4v) is 4.46. The predicted octanol–water partition coefficient (Wildman–Crippen LogP) is 2.28. The zero-order chi connectivity index (χ0) is 20.1. The molecule has 1 N–H and O–H groups in total. The van der Waals surface area contributed by atoms with Gasteiger partial charge in [0, 0.05) is 31.6 Å². The van der Waals surface area contributed by atoms with Gasteiger partial charge < -0.3 is 15.0 Å². The Morgan fingerprint density at radius 1 is 1.18 bits per heavy atom. The van der Waals surface area contributed by atoms with Crippen molar-refractivity contribution in [2.45, 2.75) is 51.1 Å². The normalized spacial score (nSPS) is 27.3. The van der Waals surface area contributed by atoms with Gasteiger partial charge >= 0.3 is 12.3 Å². The Labute approximate surface area is 161 Å². The van der Waals surface area contributed by atoms with Crippen LogP contribution in [0.15, 0.2) is 12.4 Å². The van der Waals surface area contributed by atoms with Gasteiger partial charge in [-0.05, 0) is 26.7 Å². The molecule has 3 heterocycles. The molecule has 3 fully saturated rings. The summed E-state index contributed by atoms with van der Waals surface area (Å²) in [4.78, 5) is 23.6. The van der Waals surface area contributed by atoms with Gasteiger partial charge in [-0.2, -0.15) is 13.2 Å². The molecule has 1 aliphatic carbocycles. The monoisotopic (exact) mass is 399 g/mol. The lowest BCUT2D eigenvalue weighted by atomic mass is 9.63. The number of hydrogen-bond acceptors (Lipinski definition) is 6. The van der Waals surface area contributed by atoms with Gasteiger partial charge in [-0.15, -0.1) is 0 Å². The summed E-state index contributed by atoms with van der Waals surface area (Å²) in [6, 6.07) is -0.306. The highest BCUT2D eigenvalue weighted by Gasteiger charge is 2.50. The third-order valence-electron chi connectivity index (χ3n) is 5.97. The summed E-state index contributed by atoms with van der Waals surface area (Å²) in [6.07, 6.45) is -1.14. The lowest BCUT2D eigenvalue weighted by molar-refractivity contribution is -0.141. The number of carbonyl (C=O) groups excluding carboxylic acids is 1. The van der Waals surface area contributed by atoms with Crippen molar-refractivity contribution in [3.8, 4) is 0 Å². The van der Waals surface area contributed by atoms with Crippen molar-refractivity contribution in [1.29, 1.82) is 0 Å². The number of piperazine rings is 1. The van der Waals surface area contributed by atoms with Crippen molar-refractivity contribution >= 4 is 11.9 Å². The lowest BCUT2D eigenvalue weighted by Crippen LogP contribution is -2.64. The average molecular weight is 399 g/mol. The summed E-state index contributed by atoms with van der Waals surface area (Å²) < 4.78 is 43.7. The maximum atomic E-state index is 12.7. The Kier molecular flexibility index (Phi) is 4.64. The van der Waals surface area contributed by atoms with Gasteiger partial charge in [-0.25, -0.2) is 14.8 Å². The van der Waals surface area contributed by atoms with Crippen LogP contribution in [0.5, 0.6) is 0 Å². The van der Waals surface area contributed by atoms with Crippen molar-refractivity contribution in [3.63, 3.8) is 0 Å². The molecule has 2 aliphatic heterocycles. The molecular weight excluding hydrogens is 375 g/mol. The first-order valence-electron chi connectivity index (χ1n) is 9.51. The molecule has 0 radical (unpaired) electrons. The van der Waals surface area contributed by atoms with Gasteiger partial charge in [-0.1, -0.05) is 0 Å². The average Bonchev–Trinajstić information content (AvgIpc) is 2.54. The van der Waals surface area contributed by atoms with Crippen LogP contribution in [-0.4, -0.2) is 65.3 Å². The number of halogens is 3. The number of anilines is 1. The van der Waals surface area contributed by atoms with Crippen LogP contribution in [0.2, 0.25) is 0 Å². The molecule has 1 aromatic rings. The molecule has 154 valence electrons. The summed E-state index contributed by atoms with van der Waals surface area (Å²) in [5.41, 5.74) is -0.679. The minimum Gasteiger partial charge on any atom is -0.446 e. The Morgan fingerprint density at radius 2 is 1.82 bits per heavy atom. The van der Waals surface area contributed by atoms with E-state index in [0.29, 0.717) is 24.3 Å². The summed E-state index contributed by atoms with van der Waals surface area (Å²) in [6.45, 7) is 6.72. The standard InChI is InChI=1S/C18H24F3N5O2/c1-11-7-25(15-6-23-14(5-24-15)18(19,20)21)8-12(2)26(11)16(27)28-13-3-17(4-13)9-22-10-17/h5-6,11-13,22H,3-4,7-10H2,1-2H3/t11-,12+. The molecule has 2 atom stereocenters. The van der Waals surface area contributed by atoms with E-state index in [9.17, 15) is 18.0 Å². The molecule has 1 aromatic heterocycles. The van der Waals surface area contributed by atoms with Crippen molar-refractivity contribution in [2.24, 2.45) is 5.41 Å². The molecule has 1 saturated carbocycles. The number of hydrogen-bond donors (Lipinski definition) is 1. The zero-order valence-electron chi connectivity index (χ0n) is 15.9. The van der Waals surface area contributed by atoms with Gasteiger partial charge in [0.1, 0.15) is 11.9 Å². The van der Waals surface area contributed by atoms with Crippen LogP contribution in [-0.2, 0) is 10.9 Å². The van der Waals surface area contributed by atoms with Crippen LogP contribution in [0.4, 0.5) is 23.8 Å². The second-order valence-electron chi connectivity index (χ2n) is 8.29. The van der Waals surface area contributed by atoms with Crippen molar-refractivity contribution in [2.75, 3.05) is 31.1 Å². The molecule has 7 nitrogen and oxygen atoms in total. The van der Waals surface area contributed by atoms with Gasteiger partial charge in [0.05, 0.1) is 24.5 Å². The zero-order valence-corrected chi connectivity index (χ0v) is 15.9. The molecule has 1 amide bonds. The van der Waals surface area contributed by atoms with E-state index in [1.807, 2.05) is 18.7 Å². The number of aromatic nitrogens is 2. The van der Waals surface area contributed by atoms with Gasteiger partial charge in [0.25, 0.3) is 0 Å². The largest absolute Gasteiger partial charge is 0.446 e. The van der Waals surface area contributed by atoms with E-state index in [-0.39, 0.29) is 24.3 Å². The number of alkyl halides is 3. The third kappa shape index (κ3) is 3.49.